The van der Waals surface area contributed by atoms with E-state index in [0.717, 1.165) is 15.7 Å². The molecule has 0 aliphatic carbocycles. The number of hydrogen-bond donors (Lipinski definition) is 0. The van der Waals surface area contributed by atoms with Gasteiger partial charge in [0.1, 0.15) is 12.4 Å². The van der Waals surface area contributed by atoms with Gasteiger partial charge in [-0.15, -0.1) is 0 Å². The Labute approximate surface area is 173 Å². The Kier molecular flexibility index (Phi) is 4.88. The van der Waals surface area contributed by atoms with Crippen molar-refractivity contribution in [1.82, 2.24) is 9.78 Å². The molecule has 4 rings (SSSR count). The van der Waals surface area contributed by atoms with Gasteiger partial charge >= 0.3 is 5.97 Å². The van der Waals surface area contributed by atoms with Gasteiger partial charge in [0, 0.05) is 10.6 Å². The van der Waals surface area contributed by atoms with Crippen LogP contribution < -0.4 is 4.74 Å². The number of hydrogen-bond acceptors (Lipinski definition) is 4. The third-order valence-corrected chi connectivity index (χ3v) is 5.34. The fourth-order valence-corrected chi connectivity index (χ4v) is 4.01. The van der Waals surface area contributed by atoms with Gasteiger partial charge in [0.2, 0.25) is 0 Å². The maximum atomic E-state index is 12.5. The molecule has 0 radical (unpaired) electrons. The lowest BCUT2D eigenvalue weighted by molar-refractivity contribution is 0.0516. The summed E-state index contributed by atoms with van der Waals surface area (Å²) in [6, 6.07) is 10.8. The number of ether oxygens (including phenoxy) is 2. The average molecular weight is 468 g/mol. The van der Waals surface area contributed by atoms with Gasteiger partial charge in [-0.2, -0.15) is 5.10 Å². The van der Waals surface area contributed by atoms with Crippen LogP contribution in [0.2, 0.25) is 10.0 Å². The molecule has 0 atom stereocenters. The van der Waals surface area contributed by atoms with Crippen LogP contribution in [-0.4, -0.2) is 22.4 Å². The monoisotopic (exact) mass is 466 g/mol. The van der Waals surface area contributed by atoms with E-state index in [0.29, 0.717) is 27.0 Å². The van der Waals surface area contributed by atoms with Crippen LogP contribution in [0.25, 0.3) is 16.9 Å². The first kappa shape index (κ1) is 18.3. The summed E-state index contributed by atoms with van der Waals surface area (Å²) in [6.45, 7) is 2.20. The first-order valence-electron chi connectivity index (χ1n) is 8.17. The zero-order valence-corrected chi connectivity index (χ0v) is 17.2. The highest BCUT2D eigenvalue weighted by molar-refractivity contribution is 9.10. The minimum absolute atomic E-state index is 0.199. The third kappa shape index (κ3) is 3.12. The largest absolute Gasteiger partial charge is 0.487 e. The number of halogens is 3. The predicted octanol–water partition coefficient (Wildman–Crippen LogP) is 5.68. The second-order valence-corrected chi connectivity index (χ2v) is 7.51. The molecule has 0 spiro atoms. The minimum atomic E-state index is -0.500. The Morgan fingerprint density at radius 2 is 2.15 bits per heavy atom. The summed E-state index contributed by atoms with van der Waals surface area (Å²) in [4.78, 5) is 12.5. The van der Waals surface area contributed by atoms with Crippen LogP contribution in [0.4, 0.5) is 0 Å². The minimum Gasteiger partial charge on any atom is -0.487 e. The molecule has 1 aliphatic rings. The van der Waals surface area contributed by atoms with Crippen molar-refractivity contribution < 1.29 is 14.3 Å². The number of fused-ring (bicyclic) bond motifs is 3. The van der Waals surface area contributed by atoms with E-state index in [1.807, 2.05) is 18.2 Å². The average Bonchev–Trinajstić information content (AvgIpc) is 3.02. The molecule has 8 heteroatoms. The highest BCUT2D eigenvalue weighted by Crippen LogP contribution is 2.44. The molecular formula is C19H13BrCl2N2O3. The number of esters is 1. The lowest BCUT2D eigenvalue weighted by Crippen LogP contribution is -2.12. The lowest BCUT2D eigenvalue weighted by Gasteiger charge is -2.21. The summed E-state index contributed by atoms with van der Waals surface area (Å²) in [5.41, 5.74) is 3.03. The molecule has 5 nitrogen and oxygen atoms in total. The van der Waals surface area contributed by atoms with Crippen molar-refractivity contribution in [3.8, 4) is 22.7 Å². The van der Waals surface area contributed by atoms with Crippen LogP contribution in [0.5, 0.6) is 5.75 Å². The summed E-state index contributed by atoms with van der Waals surface area (Å²) < 4.78 is 13.5. The normalized spacial score (nSPS) is 12.1. The Morgan fingerprint density at radius 1 is 1.33 bits per heavy atom. The van der Waals surface area contributed by atoms with Crippen molar-refractivity contribution in [2.45, 2.75) is 13.5 Å². The summed E-state index contributed by atoms with van der Waals surface area (Å²) in [7, 11) is 0. The van der Waals surface area contributed by atoms with E-state index in [2.05, 4.69) is 21.0 Å². The molecule has 27 heavy (non-hydrogen) atoms. The summed E-state index contributed by atoms with van der Waals surface area (Å²) in [5, 5.41) is 5.46. The van der Waals surface area contributed by atoms with Crippen LogP contribution in [0.1, 0.15) is 23.0 Å². The maximum absolute atomic E-state index is 12.5. The van der Waals surface area contributed by atoms with Crippen molar-refractivity contribution in [3.05, 3.63) is 62.2 Å². The quantitative estimate of drug-likeness (QED) is 0.465. The van der Waals surface area contributed by atoms with E-state index in [1.165, 1.54) is 0 Å². The van der Waals surface area contributed by atoms with Gasteiger partial charge in [0.15, 0.2) is 5.69 Å². The van der Waals surface area contributed by atoms with Gasteiger partial charge in [-0.25, -0.2) is 9.48 Å². The molecule has 0 saturated heterocycles. The Hall–Kier alpha value is -2.02. The van der Waals surface area contributed by atoms with Gasteiger partial charge in [-0.05, 0) is 53.2 Å². The van der Waals surface area contributed by atoms with Crippen LogP contribution in [-0.2, 0) is 11.3 Å². The second kappa shape index (κ2) is 7.19. The van der Waals surface area contributed by atoms with E-state index in [-0.39, 0.29) is 18.9 Å². The van der Waals surface area contributed by atoms with E-state index in [4.69, 9.17) is 32.7 Å². The Balaban J connectivity index is 2.01. The molecule has 1 aromatic heterocycles. The van der Waals surface area contributed by atoms with Gasteiger partial charge in [-0.3, -0.25) is 0 Å². The molecule has 0 fully saturated rings. The van der Waals surface area contributed by atoms with Crippen molar-refractivity contribution in [2.75, 3.05) is 6.61 Å². The van der Waals surface area contributed by atoms with Crippen molar-refractivity contribution in [1.29, 1.82) is 0 Å². The number of carbonyl (C=O) groups is 1. The molecule has 138 valence electrons. The van der Waals surface area contributed by atoms with Crippen molar-refractivity contribution in [3.63, 3.8) is 0 Å². The highest BCUT2D eigenvalue weighted by atomic mass is 79.9. The summed E-state index contributed by atoms with van der Waals surface area (Å²) >= 11 is 16.0. The summed E-state index contributed by atoms with van der Waals surface area (Å²) in [6.07, 6.45) is 0. The molecule has 3 aromatic rings. The topological polar surface area (TPSA) is 53.3 Å². The van der Waals surface area contributed by atoms with E-state index in [9.17, 15) is 4.79 Å². The zero-order chi connectivity index (χ0) is 19.1. The Bertz CT molecular complexity index is 1070. The molecule has 2 aromatic carbocycles. The van der Waals surface area contributed by atoms with Crippen LogP contribution >= 0.6 is 39.1 Å². The maximum Gasteiger partial charge on any atom is 0.359 e. The molecular weight excluding hydrogens is 455 g/mol. The number of para-hydroxylation sites is 1. The standard InChI is InChI=1S/C19H13BrCl2N2O3/c1-2-26-19(25)16-12-9-27-18-11(4-3-5-13(18)20)17(12)24(23-16)15-7-6-10(21)8-14(15)22/h3-8H,2,9H2,1H3. The highest BCUT2D eigenvalue weighted by Gasteiger charge is 2.32. The molecule has 0 unspecified atom stereocenters. The zero-order valence-electron chi connectivity index (χ0n) is 14.1. The number of aromatic nitrogens is 2. The number of carbonyl (C=O) groups excluding carboxylic acids is 1. The van der Waals surface area contributed by atoms with Crippen molar-refractivity contribution in [2.24, 2.45) is 0 Å². The second-order valence-electron chi connectivity index (χ2n) is 5.81. The van der Waals surface area contributed by atoms with E-state index >= 15 is 0 Å². The molecule has 1 aliphatic heterocycles. The van der Waals surface area contributed by atoms with Crippen LogP contribution in [0.3, 0.4) is 0 Å². The van der Waals surface area contributed by atoms with Crippen LogP contribution in [0, 0.1) is 0 Å². The van der Waals surface area contributed by atoms with Crippen LogP contribution in [0.15, 0.2) is 40.9 Å². The SMILES string of the molecule is CCOC(=O)c1nn(-c2ccc(Cl)cc2Cl)c2c1COc1c(Br)cccc1-2. The number of benzene rings is 2. The fourth-order valence-electron chi connectivity index (χ4n) is 3.04. The van der Waals surface area contributed by atoms with E-state index < -0.39 is 5.97 Å². The van der Waals surface area contributed by atoms with Gasteiger partial charge in [0.25, 0.3) is 0 Å². The first-order chi connectivity index (χ1) is 13.0. The smallest absolute Gasteiger partial charge is 0.359 e. The third-order valence-electron chi connectivity index (χ3n) is 4.17. The van der Waals surface area contributed by atoms with Gasteiger partial charge in [-0.1, -0.05) is 29.3 Å². The number of nitrogens with zero attached hydrogens (tertiary/aromatic N) is 2. The first-order valence-corrected chi connectivity index (χ1v) is 9.72. The summed E-state index contributed by atoms with van der Waals surface area (Å²) in [5.74, 6) is 0.186. The molecule has 0 amide bonds. The molecule has 0 bridgehead atoms. The Morgan fingerprint density at radius 3 is 2.89 bits per heavy atom. The predicted molar refractivity (Wildman–Crippen MR) is 107 cm³/mol. The van der Waals surface area contributed by atoms with E-state index in [1.54, 1.807) is 29.8 Å². The number of rotatable bonds is 3. The molecule has 0 saturated carbocycles. The van der Waals surface area contributed by atoms with Gasteiger partial charge in [0.05, 0.1) is 33.0 Å². The fraction of sp³-hybridized carbons (Fsp3) is 0.158. The molecule has 0 N–H and O–H groups in total. The van der Waals surface area contributed by atoms with Crippen molar-refractivity contribution >= 4 is 45.1 Å². The lowest BCUT2D eigenvalue weighted by atomic mass is 10.0. The van der Waals surface area contributed by atoms with Gasteiger partial charge < -0.3 is 9.47 Å². The molecule has 2 heterocycles.